The van der Waals surface area contributed by atoms with Crippen molar-refractivity contribution >= 4 is 41.0 Å². The minimum atomic E-state index is 0.198. The van der Waals surface area contributed by atoms with Gasteiger partial charge in [0, 0.05) is 0 Å². The first-order valence-electron chi connectivity index (χ1n) is 11.6. The van der Waals surface area contributed by atoms with Gasteiger partial charge in [-0.2, -0.15) is 0 Å². The minimum absolute atomic E-state index is 0.198. The molecule has 34 heavy (non-hydrogen) atoms. The SMILES string of the molecule is C[N+](C)=C1C=CC(=C2C=C(c3ccc(N)cc3)[Se]C(c3ccc(N4CCOCC4)cc3)=C2)C=C1. The van der Waals surface area contributed by atoms with Crippen molar-refractivity contribution in [1.29, 1.82) is 0 Å². The van der Waals surface area contributed by atoms with E-state index in [1.54, 1.807) is 0 Å². The maximum absolute atomic E-state index is 5.96. The van der Waals surface area contributed by atoms with Gasteiger partial charge in [-0.3, -0.25) is 0 Å². The number of allylic oxidation sites excluding steroid dienone is 8. The van der Waals surface area contributed by atoms with Crippen molar-refractivity contribution in [1.82, 2.24) is 0 Å². The normalized spacial score (nSPS) is 18.2. The van der Waals surface area contributed by atoms with Crippen LogP contribution in [0.25, 0.3) is 8.94 Å². The summed E-state index contributed by atoms with van der Waals surface area (Å²) < 4.78 is 10.4. The molecule has 0 unspecified atom stereocenters. The Balaban J connectivity index is 1.51. The molecule has 4 nitrogen and oxygen atoms in total. The van der Waals surface area contributed by atoms with Crippen LogP contribution in [0, 0.1) is 0 Å². The fourth-order valence-corrected chi connectivity index (χ4v) is 6.55. The molecule has 0 aromatic heterocycles. The van der Waals surface area contributed by atoms with Crippen molar-refractivity contribution in [3.63, 3.8) is 0 Å². The molecule has 0 atom stereocenters. The summed E-state index contributed by atoms with van der Waals surface area (Å²) in [6.07, 6.45) is 13.5. The molecule has 2 aromatic rings. The molecule has 0 bridgehead atoms. The van der Waals surface area contributed by atoms with Gasteiger partial charge < -0.3 is 0 Å². The van der Waals surface area contributed by atoms with Gasteiger partial charge in [0.05, 0.1) is 0 Å². The Bertz CT molecular complexity index is 1230. The number of nitrogens with zero attached hydrogens (tertiary/aromatic N) is 2. The summed E-state index contributed by atoms with van der Waals surface area (Å²) in [4.78, 5) is 2.40. The summed E-state index contributed by atoms with van der Waals surface area (Å²) in [7, 11) is 4.14. The van der Waals surface area contributed by atoms with Crippen molar-refractivity contribution in [3.05, 3.63) is 107 Å². The summed E-state index contributed by atoms with van der Waals surface area (Å²) in [5.41, 5.74) is 14.2. The van der Waals surface area contributed by atoms with E-state index < -0.39 is 0 Å². The molecule has 1 saturated heterocycles. The van der Waals surface area contributed by atoms with Gasteiger partial charge in [0.2, 0.25) is 0 Å². The maximum atomic E-state index is 5.96. The number of anilines is 2. The second-order valence-corrected chi connectivity index (χ2v) is 11.1. The molecule has 2 heterocycles. The molecular formula is C29H30N3OSe+. The Hall–Kier alpha value is -3.11. The topological polar surface area (TPSA) is 41.5 Å². The van der Waals surface area contributed by atoms with Crippen molar-refractivity contribution in [3.8, 4) is 0 Å². The third-order valence-corrected chi connectivity index (χ3v) is 8.64. The Morgan fingerprint density at radius 3 is 1.88 bits per heavy atom. The summed E-state index contributed by atoms with van der Waals surface area (Å²) in [5.74, 6) is 0. The number of nitrogens with two attached hydrogens (primary N) is 1. The zero-order valence-electron chi connectivity index (χ0n) is 19.7. The molecule has 2 N–H and O–H groups in total. The van der Waals surface area contributed by atoms with Crippen LogP contribution in [0.1, 0.15) is 11.1 Å². The van der Waals surface area contributed by atoms with E-state index in [0.29, 0.717) is 0 Å². The fourth-order valence-electron chi connectivity index (χ4n) is 4.21. The first-order valence-corrected chi connectivity index (χ1v) is 13.3. The van der Waals surface area contributed by atoms with E-state index in [0.717, 1.165) is 32.0 Å². The van der Waals surface area contributed by atoms with E-state index in [1.165, 1.54) is 42.6 Å². The van der Waals surface area contributed by atoms with Crippen LogP contribution in [-0.2, 0) is 4.74 Å². The van der Waals surface area contributed by atoms with Crippen molar-refractivity contribution in [2.75, 3.05) is 51.0 Å². The van der Waals surface area contributed by atoms with Crippen LogP contribution in [0.2, 0.25) is 0 Å². The quantitative estimate of drug-likeness (QED) is 0.376. The second-order valence-electron chi connectivity index (χ2n) is 8.78. The molecule has 0 amide bonds. The van der Waals surface area contributed by atoms with E-state index in [2.05, 4.69) is 96.4 Å². The van der Waals surface area contributed by atoms with Gasteiger partial charge in [-0.05, 0) is 0 Å². The summed E-state index contributed by atoms with van der Waals surface area (Å²) >= 11 is 0.198. The van der Waals surface area contributed by atoms with Gasteiger partial charge in [0.25, 0.3) is 0 Å². The van der Waals surface area contributed by atoms with Gasteiger partial charge in [0.1, 0.15) is 0 Å². The van der Waals surface area contributed by atoms with Gasteiger partial charge in [-0.25, -0.2) is 0 Å². The molecular weight excluding hydrogens is 485 g/mol. The molecule has 2 aromatic carbocycles. The molecule has 5 heteroatoms. The molecule has 0 radical (unpaired) electrons. The zero-order chi connectivity index (χ0) is 23.5. The molecule has 172 valence electrons. The van der Waals surface area contributed by atoms with Crippen LogP contribution in [0.5, 0.6) is 0 Å². The monoisotopic (exact) mass is 516 g/mol. The van der Waals surface area contributed by atoms with E-state index >= 15 is 0 Å². The molecule has 0 spiro atoms. The summed E-state index contributed by atoms with van der Waals surface area (Å²) in [6.45, 7) is 3.52. The third kappa shape index (κ3) is 5.02. The van der Waals surface area contributed by atoms with Gasteiger partial charge >= 0.3 is 209 Å². The predicted molar refractivity (Wildman–Crippen MR) is 144 cm³/mol. The molecule has 2 aliphatic heterocycles. The molecule has 5 rings (SSSR count). The summed E-state index contributed by atoms with van der Waals surface area (Å²) in [6, 6.07) is 17.3. The van der Waals surface area contributed by atoms with E-state index in [1.807, 2.05) is 12.1 Å². The van der Waals surface area contributed by atoms with Gasteiger partial charge in [0.15, 0.2) is 0 Å². The average molecular weight is 516 g/mol. The van der Waals surface area contributed by atoms with E-state index in [-0.39, 0.29) is 15.0 Å². The van der Waals surface area contributed by atoms with Crippen LogP contribution < -0.4 is 10.6 Å². The zero-order valence-corrected chi connectivity index (χ0v) is 21.4. The van der Waals surface area contributed by atoms with Gasteiger partial charge in [-0.15, -0.1) is 0 Å². The number of rotatable bonds is 3. The molecule has 1 fully saturated rings. The average Bonchev–Trinajstić information content (AvgIpc) is 2.89. The van der Waals surface area contributed by atoms with Crippen LogP contribution in [0.4, 0.5) is 11.4 Å². The number of nitrogen functional groups attached to an aromatic ring is 1. The van der Waals surface area contributed by atoms with E-state index in [4.69, 9.17) is 10.5 Å². The Kier molecular flexibility index (Phi) is 6.68. The second kappa shape index (κ2) is 10.0. The number of hydrogen-bond acceptors (Lipinski definition) is 3. The third-order valence-electron chi connectivity index (χ3n) is 6.23. The first kappa shape index (κ1) is 22.7. The number of morpholine rings is 1. The van der Waals surface area contributed by atoms with Crippen molar-refractivity contribution in [2.45, 2.75) is 0 Å². The molecule has 3 aliphatic rings. The standard InChI is InChI=1S/C29H29N3OSe/c1-31(2)26-11-5-21(6-12-26)24-19-28(22-3-9-25(30)10-4-22)34-29(20-24)23-7-13-27(14-8-23)32-15-17-33-18-16-32/h3-14,19-20,30H,15-18H2,1-2H3/p+1. The van der Waals surface area contributed by atoms with E-state index in [9.17, 15) is 0 Å². The summed E-state index contributed by atoms with van der Waals surface area (Å²) in [5, 5.41) is 0. The number of hydrogen-bond donors (Lipinski definition) is 1. The Morgan fingerprint density at radius 2 is 1.32 bits per heavy atom. The van der Waals surface area contributed by atoms with Gasteiger partial charge in [-0.1, -0.05) is 0 Å². The molecule has 0 saturated carbocycles. The van der Waals surface area contributed by atoms with Crippen LogP contribution in [0.15, 0.2) is 96.1 Å². The van der Waals surface area contributed by atoms with Crippen molar-refractivity contribution < 1.29 is 9.31 Å². The van der Waals surface area contributed by atoms with Crippen molar-refractivity contribution in [2.24, 2.45) is 0 Å². The van der Waals surface area contributed by atoms with Crippen LogP contribution >= 0.6 is 0 Å². The Morgan fingerprint density at radius 1 is 0.765 bits per heavy atom. The number of benzene rings is 2. The van der Waals surface area contributed by atoms with Crippen LogP contribution in [0.3, 0.4) is 0 Å². The Labute approximate surface area is 208 Å². The first-order chi connectivity index (χ1) is 16.6. The fraction of sp³-hybridized carbons (Fsp3) is 0.207. The predicted octanol–water partition coefficient (Wildman–Crippen LogP) is 4.34. The van der Waals surface area contributed by atoms with Crippen LogP contribution in [-0.4, -0.2) is 65.6 Å². The molecule has 1 aliphatic carbocycles. The number of ether oxygens (including phenoxy) is 1.